The molecule has 2 amide bonds. The fourth-order valence-corrected chi connectivity index (χ4v) is 9.36. The van der Waals surface area contributed by atoms with E-state index >= 15 is 0 Å². The van der Waals surface area contributed by atoms with E-state index < -0.39 is 69.8 Å². The number of nitrogens with one attached hydrogen (secondary N) is 1. The zero-order valence-electron chi connectivity index (χ0n) is 44.8. The number of rotatable bonds is 17. The Hall–Kier alpha value is -5.49. The van der Waals surface area contributed by atoms with Crippen molar-refractivity contribution >= 4 is 47.3 Å². The molecule has 74 heavy (non-hydrogen) atoms. The van der Waals surface area contributed by atoms with Crippen molar-refractivity contribution in [2.45, 2.75) is 102 Å². The van der Waals surface area contributed by atoms with Crippen LogP contribution in [0.4, 0.5) is 0 Å². The molecular formula is C56H68ClN2NaO14. The van der Waals surface area contributed by atoms with E-state index in [2.05, 4.69) is 5.32 Å². The maximum Gasteiger partial charge on any atom is 1.00 e. The second kappa shape index (κ2) is 26.3. The van der Waals surface area contributed by atoms with Gasteiger partial charge in [0.1, 0.15) is 22.7 Å². The zero-order chi connectivity index (χ0) is 53.0. The molecule has 16 nitrogen and oxygen atoms in total. The van der Waals surface area contributed by atoms with Gasteiger partial charge in [-0.3, -0.25) is 9.59 Å². The molecule has 0 aliphatic carbocycles. The van der Waals surface area contributed by atoms with Crippen LogP contribution in [0.1, 0.15) is 78.1 Å². The van der Waals surface area contributed by atoms with Crippen molar-refractivity contribution in [1.29, 1.82) is 0 Å². The number of alkyl halides is 1. The Morgan fingerprint density at radius 1 is 0.635 bits per heavy atom. The number of esters is 4. The number of benzene rings is 4. The maximum absolute atomic E-state index is 13.8. The fraction of sp³-hybridized carbons (Fsp3) is 0.464. The first-order valence-corrected chi connectivity index (χ1v) is 24.8. The number of hydrogen-bond donors (Lipinski definition) is 1. The van der Waals surface area contributed by atoms with E-state index in [0.717, 1.165) is 28.0 Å². The van der Waals surface area contributed by atoms with Crippen LogP contribution in [0.3, 0.4) is 0 Å². The third kappa shape index (κ3) is 14.3. The molecule has 0 bridgehead atoms. The van der Waals surface area contributed by atoms with Crippen LogP contribution in [0.5, 0.6) is 11.5 Å². The van der Waals surface area contributed by atoms with E-state index in [1.807, 2.05) is 84.9 Å². The van der Waals surface area contributed by atoms with Gasteiger partial charge in [-0.1, -0.05) is 84.9 Å². The second-order valence-corrected chi connectivity index (χ2v) is 20.4. The molecule has 0 unspecified atom stereocenters. The van der Waals surface area contributed by atoms with E-state index in [1.165, 1.54) is 4.90 Å². The summed E-state index contributed by atoms with van der Waals surface area (Å²) in [6.07, 6.45) is 0.751. The summed E-state index contributed by atoms with van der Waals surface area (Å²) in [6, 6.07) is 34.3. The Kier molecular flexibility index (Phi) is 21.1. The normalized spacial score (nSPS) is 22.5. The van der Waals surface area contributed by atoms with Crippen LogP contribution in [0, 0.1) is 23.7 Å². The first-order chi connectivity index (χ1) is 34.8. The smallest absolute Gasteiger partial charge is 1.00 e. The third-order valence-electron chi connectivity index (χ3n) is 12.8. The van der Waals surface area contributed by atoms with Crippen molar-refractivity contribution < 1.29 is 97.6 Å². The van der Waals surface area contributed by atoms with Crippen LogP contribution in [-0.4, -0.2) is 104 Å². The molecule has 394 valence electrons. The van der Waals surface area contributed by atoms with Gasteiger partial charge in [-0.2, -0.15) is 0 Å². The molecule has 8 rings (SSSR count). The van der Waals surface area contributed by atoms with Crippen molar-refractivity contribution in [3.05, 3.63) is 131 Å². The second-order valence-electron chi connectivity index (χ2n) is 20.1. The van der Waals surface area contributed by atoms with Gasteiger partial charge >= 0.3 is 53.4 Å². The molecule has 18 heteroatoms. The average Bonchev–Trinajstić information content (AvgIpc) is 4.05. The SMILES string of the molecule is CC(C)(C)OC(=O)[C@]12NC(=O)[C@H](CCOCc3ccccc3)[C@H]1COC2=O.COc1ccc(CCl)cc1.COc1ccc(CN2C(=O)[C@H](CCOCc3ccccc3)[C@H]3COC(=O)[C@]32C(=O)OC(C)(C)C)cc1.[H-].[Na+]. The Morgan fingerprint density at radius 2 is 1.09 bits per heavy atom. The van der Waals surface area contributed by atoms with E-state index in [1.54, 1.807) is 80.0 Å². The molecule has 0 spiro atoms. The molecule has 4 heterocycles. The summed E-state index contributed by atoms with van der Waals surface area (Å²) >= 11 is 5.58. The van der Waals surface area contributed by atoms with Gasteiger partial charge in [-0.25, -0.2) is 19.2 Å². The standard InChI is InChI=1S/C28H33NO7.C20H25NO6.C8H9ClO.Na.H/c1-27(2,3)36-26(32)28-23(18-35-25(28)31)22(14-15-34-17-20-8-6-5-7-9-20)24(30)29(28)16-19-10-12-21(33-4)13-11-19;1-19(2,3)27-18(24)20-15(12-26-17(20)23)14(16(22)21-20)9-10-25-11-13-7-5-4-6-8-13;1-10-8-4-2-7(6-9)3-5-8;;/h5-13,22-23H,14-18H2,1-4H3;4-8,14-15H,9-12H2,1-3H3,(H,21,22);2-5H,6H2,1H3;;/q;;;+1;-1/t22-,23-,28+;14-,15-,20+;;;/m11.../s1. The number of nitrogens with zero attached hydrogens (tertiary/aromatic N) is 1. The van der Waals surface area contributed by atoms with Gasteiger partial charge in [0, 0.05) is 37.5 Å². The van der Waals surface area contributed by atoms with E-state index in [0.29, 0.717) is 50.9 Å². The topological polar surface area (TPSA) is 192 Å². The predicted octanol–water partition coefficient (Wildman–Crippen LogP) is 4.66. The summed E-state index contributed by atoms with van der Waals surface area (Å²) < 4.78 is 43.3. The Balaban J connectivity index is 0.000000274. The summed E-state index contributed by atoms with van der Waals surface area (Å²) in [5, 5.41) is 2.57. The van der Waals surface area contributed by atoms with E-state index in [4.69, 9.17) is 49.5 Å². The van der Waals surface area contributed by atoms with Crippen molar-refractivity contribution in [2.75, 3.05) is 40.6 Å². The number of amides is 2. The Bertz CT molecular complexity index is 2500. The number of fused-ring (bicyclic) bond motifs is 2. The summed E-state index contributed by atoms with van der Waals surface area (Å²) in [6.45, 7) is 11.9. The summed E-state index contributed by atoms with van der Waals surface area (Å²) in [4.78, 5) is 79.5. The molecule has 4 aromatic rings. The van der Waals surface area contributed by atoms with Crippen LogP contribution in [0.15, 0.2) is 109 Å². The zero-order valence-corrected chi connectivity index (χ0v) is 46.6. The quantitative estimate of drug-likeness (QED) is 0.0384. The van der Waals surface area contributed by atoms with E-state index in [-0.39, 0.29) is 62.6 Å². The Morgan fingerprint density at radius 3 is 1.58 bits per heavy atom. The number of carbonyl (C=O) groups is 6. The van der Waals surface area contributed by atoms with Crippen molar-refractivity contribution in [3.8, 4) is 11.5 Å². The first kappa shape index (κ1) is 59.4. The van der Waals surface area contributed by atoms with E-state index in [9.17, 15) is 28.8 Å². The molecule has 4 aliphatic heterocycles. The van der Waals surface area contributed by atoms with Gasteiger partial charge in [-0.15, -0.1) is 11.6 Å². The number of ether oxygens (including phenoxy) is 8. The summed E-state index contributed by atoms with van der Waals surface area (Å²) in [7, 11) is 3.22. The molecule has 6 atom stereocenters. The van der Waals surface area contributed by atoms with Crippen LogP contribution in [0.2, 0.25) is 0 Å². The fourth-order valence-electron chi connectivity index (χ4n) is 9.18. The average molecular weight is 1050 g/mol. The molecule has 4 saturated heterocycles. The van der Waals surface area contributed by atoms with Gasteiger partial charge in [0.05, 0.1) is 52.5 Å². The van der Waals surface area contributed by atoms with Crippen molar-refractivity contribution in [2.24, 2.45) is 23.7 Å². The van der Waals surface area contributed by atoms with Crippen LogP contribution >= 0.6 is 11.6 Å². The van der Waals surface area contributed by atoms with Gasteiger partial charge in [-0.05, 0) is 101 Å². The van der Waals surface area contributed by atoms with Crippen molar-refractivity contribution in [3.63, 3.8) is 0 Å². The molecule has 0 aromatic heterocycles. The van der Waals surface area contributed by atoms with Gasteiger partial charge in [0.25, 0.3) is 0 Å². The minimum Gasteiger partial charge on any atom is -1.00 e. The maximum atomic E-state index is 13.8. The number of carbonyl (C=O) groups excluding carboxylic acids is 6. The predicted molar refractivity (Wildman–Crippen MR) is 270 cm³/mol. The first-order valence-electron chi connectivity index (χ1n) is 24.3. The molecule has 0 saturated carbocycles. The number of methoxy groups -OCH3 is 2. The molecule has 4 aromatic carbocycles. The molecule has 0 radical (unpaired) electrons. The third-order valence-corrected chi connectivity index (χ3v) is 13.1. The molecule has 4 aliphatic rings. The van der Waals surface area contributed by atoms with Gasteiger partial charge < -0.3 is 49.5 Å². The van der Waals surface area contributed by atoms with Crippen molar-refractivity contribution in [1.82, 2.24) is 10.2 Å². The van der Waals surface area contributed by atoms with Crippen LogP contribution in [-0.2, 0) is 82.8 Å². The number of hydrogen-bond acceptors (Lipinski definition) is 14. The van der Waals surface area contributed by atoms with Crippen LogP contribution < -0.4 is 44.3 Å². The summed E-state index contributed by atoms with van der Waals surface area (Å²) in [5.41, 5.74) is -1.25. The Labute approximate surface area is 462 Å². The largest absolute Gasteiger partial charge is 1.00 e. The summed E-state index contributed by atoms with van der Waals surface area (Å²) in [5.74, 6) is -3.93. The number of cyclic esters (lactones) is 2. The molecular weight excluding hydrogens is 983 g/mol. The van der Waals surface area contributed by atoms with Crippen LogP contribution in [0.25, 0.3) is 0 Å². The molecule has 1 N–H and O–H groups in total. The molecule has 4 fully saturated rings. The minimum absolute atomic E-state index is 0. The monoisotopic (exact) mass is 1050 g/mol. The minimum atomic E-state index is -1.83. The van der Waals surface area contributed by atoms with Gasteiger partial charge in [0.15, 0.2) is 0 Å². The number of halogens is 1. The van der Waals surface area contributed by atoms with Gasteiger partial charge in [0.2, 0.25) is 22.9 Å². The number of likely N-dealkylation sites (tertiary alicyclic amines) is 1.